The van der Waals surface area contributed by atoms with Crippen molar-refractivity contribution >= 4 is 5.97 Å². The summed E-state index contributed by atoms with van der Waals surface area (Å²) in [7, 11) is 0. The van der Waals surface area contributed by atoms with Crippen molar-refractivity contribution in [2.45, 2.75) is 62.5 Å². The van der Waals surface area contributed by atoms with Crippen LogP contribution in [0.15, 0.2) is 12.2 Å². The second kappa shape index (κ2) is 5.11. The van der Waals surface area contributed by atoms with E-state index in [-0.39, 0.29) is 23.9 Å². The van der Waals surface area contributed by atoms with Gasteiger partial charge in [-0.1, -0.05) is 25.0 Å². The molecule has 2 aliphatic carbocycles. The predicted octanol–water partition coefficient (Wildman–Crippen LogP) is 1.50. The minimum atomic E-state index is -1.53. The van der Waals surface area contributed by atoms with Crippen LogP contribution >= 0.6 is 0 Å². The number of ether oxygens (including phenoxy) is 1. The summed E-state index contributed by atoms with van der Waals surface area (Å²) in [5.41, 5.74) is -1.53. The Morgan fingerprint density at radius 3 is 2.80 bits per heavy atom. The molecular formula is C15H21FO4. The first kappa shape index (κ1) is 14.0. The van der Waals surface area contributed by atoms with E-state index < -0.39 is 17.9 Å². The molecule has 4 nitrogen and oxygen atoms in total. The third kappa shape index (κ3) is 2.37. The van der Waals surface area contributed by atoms with Gasteiger partial charge in [-0.05, 0) is 12.8 Å². The lowest BCUT2D eigenvalue weighted by Gasteiger charge is -2.24. The lowest BCUT2D eigenvalue weighted by Crippen LogP contribution is -2.33. The molecule has 0 amide bonds. The van der Waals surface area contributed by atoms with E-state index in [9.17, 15) is 19.4 Å². The molecule has 3 rings (SSSR count). The lowest BCUT2D eigenvalue weighted by molar-refractivity contribution is -0.141. The molecule has 2 saturated carbocycles. The summed E-state index contributed by atoms with van der Waals surface area (Å²) in [4.78, 5) is 11.3. The number of alkyl halides is 1. The minimum absolute atomic E-state index is 0.0416. The summed E-state index contributed by atoms with van der Waals surface area (Å²) in [6.45, 7) is 0. The van der Waals surface area contributed by atoms with Gasteiger partial charge < -0.3 is 14.9 Å². The first-order valence-electron chi connectivity index (χ1n) is 7.42. The summed E-state index contributed by atoms with van der Waals surface area (Å²) in [5, 5.41) is 20.0. The SMILES string of the molecule is O=C1C[C@H]2[C@H](C=C[C@@H](O)C3(F)CCCC3)[C@@H](O)C[C@H]2O1. The molecule has 0 aromatic rings. The largest absolute Gasteiger partial charge is 0.462 e. The summed E-state index contributed by atoms with van der Waals surface area (Å²) in [6.07, 6.45) is 4.33. The average molecular weight is 284 g/mol. The highest BCUT2D eigenvalue weighted by Crippen LogP contribution is 2.43. The van der Waals surface area contributed by atoms with Gasteiger partial charge in [-0.25, -0.2) is 4.39 Å². The molecule has 20 heavy (non-hydrogen) atoms. The van der Waals surface area contributed by atoms with Gasteiger partial charge in [0.25, 0.3) is 0 Å². The topological polar surface area (TPSA) is 66.8 Å². The number of hydrogen-bond donors (Lipinski definition) is 2. The van der Waals surface area contributed by atoms with Gasteiger partial charge in [-0.3, -0.25) is 4.79 Å². The van der Waals surface area contributed by atoms with Gasteiger partial charge in [0.05, 0.1) is 12.5 Å². The van der Waals surface area contributed by atoms with Crippen LogP contribution in [0.5, 0.6) is 0 Å². The summed E-state index contributed by atoms with van der Waals surface area (Å²) in [5.74, 6) is -0.505. The molecule has 0 aromatic heterocycles. The van der Waals surface area contributed by atoms with Gasteiger partial charge in [0, 0.05) is 18.3 Å². The highest BCUT2D eigenvalue weighted by molar-refractivity contribution is 5.72. The van der Waals surface area contributed by atoms with Gasteiger partial charge in [-0.2, -0.15) is 0 Å². The van der Waals surface area contributed by atoms with Gasteiger partial charge in [0.2, 0.25) is 0 Å². The van der Waals surface area contributed by atoms with E-state index >= 15 is 0 Å². The fourth-order valence-corrected chi connectivity index (χ4v) is 3.85. The lowest BCUT2D eigenvalue weighted by atomic mass is 9.89. The number of carbonyl (C=O) groups excluding carboxylic acids is 1. The molecule has 2 N–H and O–H groups in total. The zero-order valence-electron chi connectivity index (χ0n) is 11.4. The second-order valence-corrected chi connectivity index (χ2v) is 6.35. The molecule has 0 unspecified atom stereocenters. The third-order valence-electron chi connectivity index (χ3n) is 5.06. The number of aliphatic hydroxyl groups is 2. The van der Waals surface area contributed by atoms with Crippen LogP contribution in [0, 0.1) is 11.8 Å². The van der Waals surface area contributed by atoms with Crippen LogP contribution in [0.4, 0.5) is 4.39 Å². The van der Waals surface area contributed by atoms with Crippen molar-refractivity contribution in [2.24, 2.45) is 11.8 Å². The minimum Gasteiger partial charge on any atom is -0.462 e. The van der Waals surface area contributed by atoms with Gasteiger partial charge >= 0.3 is 5.97 Å². The molecule has 3 aliphatic rings. The quantitative estimate of drug-likeness (QED) is 0.609. The van der Waals surface area contributed by atoms with Crippen molar-refractivity contribution in [1.82, 2.24) is 0 Å². The van der Waals surface area contributed by atoms with Crippen LogP contribution in [-0.4, -0.2) is 40.2 Å². The maximum absolute atomic E-state index is 14.4. The number of carbonyl (C=O) groups is 1. The molecule has 1 saturated heterocycles. The van der Waals surface area contributed by atoms with Crippen LogP contribution in [0.1, 0.15) is 38.5 Å². The number of fused-ring (bicyclic) bond motifs is 1. The summed E-state index contributed by atoms with van der Waals surface area (Å²) >= 11 is 0. The molecule has 5 atom stereocenters. The van der Waals surface area contributed by atoms with Gasteiger partial charge in [-0.15, -0.1) is 0 Å². The Morgan fingerprint density at radius 1 is 1.40 bits per heavy atom. The summed E-state index contributed by atoms with van der Waals surface area (Å²) in [6, 6.07) is 0. The Kier molecular flexibility index (Phi) is 3.58. The molecule has 5 heteroatoms. The Labute approximate surface area is 117 Å². The Morgan fingerprint density at radius 2 is 2.10 bits per heavy atom. The maximum Gasteiger partial charge on any atom is 0.306 e. The van der Waals surface area contributed by atoms with E-state index in [0.717, 1.165) is 12.8 Å². The molecule has 112 valence electrons. The third-order valence-corrected chi connectivity index (χ3v) is 5.06. The van der Waals surface area contributed by atoms with Gasteiger partial charge in [0.15, 0.2) is 0 Å². The van der Waals surface area contributed by atoms with Crippen LogP contribution in [-0.2, 0) is 9.53 Å². The zero-order chi connectivity index (χ0) is 14.3. The zero-order valence-corrected chi connectivity index (χ0v) is 11.4. The molecule has 0 radical (unpaired) electrons. The van der Waals surface area contributed by atoms with E-state index in [1.54, 1.807) is 6.08 Å². The Hall–Kier alpha value is -0.940. The number of aliphatic hydroxyl groups excluding tert-OH is 2. The smallest absolute Gasteiger partial charge is 0.306 e. The van der Waals surface area contributed by atoms with Crippen LogP contribution in [0.25, 0.3) is 0 Å². The Bertz CT molecular complexity index is 416. The fraction of sp³-hybridized carbons (Fsp3) is 0.800. The first-order valence-corrected chi connectivity index (χ1v) is 7.42. The molecule has 0 spiro atoms. The average Bonchev–Trinajstić information content (AvgIpc) is 3.03. The van der Waals surface area contributed by atoms with E-state index in [0.29, 0.717) is 25.7 Å². The van der Waals surface area contributed by atoms with Crippen molar-refractivity contribution in [1.29, 1.82) is 0 Å². The van der Waals surface area contributed by atoms with Crippen molar-refractivity contribution in [2.75, 3.05) is 0 Å². The molecule has 1 heterocycles. The first-order chi connectivity index (χ1) is 9.49. The van der Waals surface area contributed by atoms with Crippen LogP contribution < -0.4 is 0 Å². The number of rotatable bonds is 3. The second-order valence-electron chi connectivity index (χ2n) is 6.35. The predicted molar refractivity (Wildman–Crippen MR) is 69.6 cm³/mol. The maximum atomic E-state index is 14.4. The number of halogens is 1. The van der Waals surface area contributed by atoms with E-state index in [4.69, 9.17) is 4.74 Å². The summed E-state index contributed by atoms with van der Waals surface area (Å²) < 4.78 is 19.5. The monoisotopic (exact) mass is 284 g/mol. The number of hydrogen-bond acceptors (Lipinski definition) is 4. The number of esters is 1. The molecule has 1 aliphatic heterocycles. The van der Waals surface area contributed by atoms with Gasteiger partial charge in [0.1, 0.15) is 17.9 Å². The van der Waals surface area contributed by atoms with Crippen molar-refractivity contribution in [3.63, 3.8) is 0 Å². The fourth-order valence-electron chi connectivity index (χ4n) is 3.85. The van der Waals surface area contributed by atoms with E-state index in [1.807, 2.05) is 0 Å². The van der Waals surface area contributed by atoms with E-state index in [2.05, 4.69) is 0 Å². The van der Waals surface area contributed by atoms with Crippen LogP contribution in [0.2, 0.25) is 0 Å². The molecule has 3 fully saturated rings. The molecule has 0 aromatic carbocycles. The molecular weight excluding hydrogens is 263 g/mol. The van der Waals surface area contributed by atoms with Crippen molar-refractivity contribution in [3.8, 4) is 0 Å². The van der Waals surface area contributed by atoms with Crippen molar-refractivity contribution in [3.05, 3.63) is 12.2 Å². The molecule has 0 bridgehead atoms. The van der Waals surface area contributed by atoms with E-state index in [1.165, 1.54) is 6.08 Å². The normalized spacial score (nSPS) is 41.0. The highest BCUT2D eigenvalue weighted by atomic mass is 19.1. The van der Waals surface area contributed by atoms with Crippen molar-refractivity contribution < 1.29 is 24.1 Å². The standard InChI is InChI=1S/C15H21FO4/c16-15(5-1-2-6-15)13(18)4-3-9-10-7-14(19)20-12(10)8-11(9)17/h3-4,9-13,17-18H,1-2,5-8H2/t9-,10-,11-,12+,13+/m0/s1. The highest BCUT2D eigenvalue weighted by Gasteiger charge is 2.49. The van der Waals surface area contributed by atoms with Crippen LogP contribution in [0.3, 0.4) is 0 Å². The Balaban J connectivity index is 1.67.